The molecule has 1 heterocycles. The number of carbonyl (C=O) groups excluding carboxylic acids is 1. The fourth-order valence-electron chi connectivity index (χ4n) is 2.12. The van der Waals surface area contributed by atoms with E-state index in [9.17, 15) is 9.18 Å². The minimum atomic E-state index is -0.465. The van der Waals surface area contributed by atoms with Crippen LogP contribution in [0, 0.1) is 11.2 Å². The highest BCUT2D eigenvalue weighted by atomic mass is 79.9. The highest BCUT2D eigenvalue weighted by Crippen LogP contribution is 2.28. The molecule has 0 aliphatic carbocycles. The Labute approximate surface area is 114 Å². The predicted molar refractivity (Wildman–Crippen MR) is 72.9 cm³/mol. The zero-order valence-electron chi connectivity index (χ0n) is 10.2. The van der Waals surface area contributed by atoms with Gasteiger partial charge in [0.05, 0.1) is 11.1 Å². The number of amides is 1. The Morgan fingerprint density at radius 1 is 1.56 bits per heavy atom. The molecular weight excluding hydrogens is 299 g/mol. The molecular formula is C13H16BrFN2O. The normalized spacial score (nSPS) is 23.7. The van der Waals surface area contributed by atoms with Gasteiger partial charge >= 0.3 is 0 Å². The molecule has 18 heavy (non-hydrogen) atoms. The highest BCUT2D eigenvalue weighted by Gasteiger charge is 2.34. The van der Waals surface area contributed by atoms with E-state index < -0.39 is 11.2 Å². The maximum absolute atomic E-state index is 13.6. The number of hydrogen-bond donors (Lipinski definition) is 2. The molecule has 3 nitrogen and oxygen atoms in total. The summed E-state index contributed by atoms with van der Waals surface area (Å²) < 4.78 is 14.3. The molecule has 2 rings (SSSR count). The third kappa shape index (κ3) is 2.90. The van der Waals surface area contributed by atoms with Gasteiger partial charge in [0, 0.05) is 11.0 Å². The van der Waals surface area contributed by atoms with E-state index in [1.54, 1.807) is 12.1 Å². The Kier molecular flexibility index (Phi) is 4.02. The first-order valence-corrected chi connectivity index (χ1v) is 6.78. The molecule has 1 aromatic carbocycles. The smallest absolute Gasteiger partial charge is 0.231 e. The zero-order chi connectivity index (χ0) is 13.2. The van der Waals surface area contributed by atoms with E-state index in [2.05, 4.69) is 26.6 Å². The molecule has 2 N–H and O–H groups in total. The quantitative estimate of drug-likeness (QED) is 0.881. The van der Waals surface area contributed by atoms with Gasteiger partial charge in [0.2, 0.25) is 5.91 Å². The second-order valence-corrected chi connectivity index (χ2v) is 5.83. The van der Waals surface area contributed by atoms with E-state index in [-0.39, 0.29) is 11.6 Å². The molecule has 98 valence electrons. The number of anilines is 1. The fraction of sp³-hybridized carbons (Fsp3) is 0.462. The lowest BCUT2D eigenvalue weighted by atomic mass is 9.82. The van der Waals surface area contributed by atoms with Crippen LogP contribution in [0.1, 0.15) is 19.8 Å². The lowest BCUT2D eigenvalue weighted by Gasteiger charge is -2.32. The maximum Gasteiger partial charge on any atom is 0.231 e. The first-order valence-electron chi connectivity index (χ1n) is 5.98. The Morgan fingerprint density at radius 3 is 3.00 bits per heavy atom. The molecule has 0 radical (unpaired) electrons. The van der Waals surface area contributed by atoms with Crippen molar-refractivity contribution in [2.45, 2.75) is 19.8 Å². The second kappa shape index (κ2) is 5.36. The molecule has 0 spiro atoms. The first kappa shape index (κ1) is 13.5. The van der Waals surface area contributed by atoms with Crippen molar-refractivity contribution in [3.8, 4) is 0 Å². The van der Waals surface area contributed by atoms with Crippen molar-refractivity contribution >= 4 is 27.5 Å². The van der Waals surface area contributed by atoms with Crippen LogP contribution in [0.4, 0.5) is 10.1 Å². The number of hydrogen-bond acceptors (Lipinski definition) is 2. The van der Waals surface area contributed by atoms with E-state index in [1.165, 1.54) is 6.07 Å². The van der Waals surface area contributed by atoms with E-state index in [1.807, 2.05) is 6.92 Å². The predicted octanol–water partition coefficient (Wildman–Crippen LogP) is 2.92. The number of benzene rings is 1. The van der Waals surface area contributed by atoms with Crippen LogP contribution in [0.5, 0.6) is 0 Å². The number of rotatable bonds is 2. The second-order valence-electron chi connectivity index (χ2n) is 4.92. The van der Waals surface area contributed by atoms with Gasteiger partial charge in [-0.2, -0.15) is 0 Å². The highest BCUT2D eigenvalue weighted by molar-refractivity contribution is 9.10. The molecule has 0 saturated carbocycles. The minimum absolute atomic E-state index is 0.133. The molecule has 1 unspecified atom stereocenters. The molecule has 1 aliphatic rings. The summed E-state index contributed by atoms with van der Waals surface area (Å²) in [6.45, 7) is 3.48. The first-order chi connectivity index (χ1) is 8.51. The van der Waals surface area contributed by atoms with Crippen molar-refractivity contribution in [2.75, 3.05) is 18.4 Å². The Bertz CT molecular complexity index is 458. The lowest BCUT2D eigenvalue weighted by molar-refractivity contribution is -0.125. The van der Waals surface area contributed by atoms with Crippen molar-refractivity contribution in [1.29, 1.82) is 0 Å². The van der Waals surface area contributed by atoms with Crippen LogP contribution in [0.2, 0.25) is 0 Å². The molecule has 1 aromatic rings. The number of carbonyl (C=O) groups is 1. The monoisotopic (exact) mass is 314 g/mol. The van der Waals surface area contributed by atoms with Gasteiger partial charge in [0.25, 0.3) is 0 Å². The van der Waals surface area contributed by atoms with Gasteiger partial charge in [0.15, 0.2) is 0 Å². The van der Waals surface area contributed by atoms with Crippen molar-refractivity contribution in [1.82, 2.24) is 5.32 Å². The van der Waals surface area contributed by atoms with E-state index in [4.69, 9.17) is 0 Å². The molecule has 1 fully saturated rings. The van der Waals surface area contributed by atoms with E-state index in [0.717, 1.165) is 23.9 Å². The zero-order valence-corrected chi connectivity index (χ0v) is 11.8. The fourth-order valence-corrected chi connectivity index (χ4v) is 2.48. The van der Waals surface area contributed by atoms with Crippen molar-refractivity contribution in [2.24, 2.45) is 5.41 Å². The van der Waals surface area contributed by atoms with Crippen molar-refractivity contribution in [3.63, 3.8) is 0 Å². The van der Waals surface area contributed by atoms with Crippen LogP contribution < -0.4 is 10.6 Å². The van der Waals surface area contributed by atoms with Crippen molar-refractivity contribution in [3.05, 3.63) is 28.5 Å². The molecule has 0 aromatic heterocycles. The van der Waals surface area contributed by atoms with Crippen LogP contribution in [0.25, 0.3) is 0 Å². The summed E-state index contributed by atoms with van der Waals surface area (Å²) in [5.74, 6) is -0.550. The average Bonchev–Trinajstić information content (AvgIpc) is 2.35. The Hall–Kier alpha value is -0.940. The summed E-state index contributed by atoms with van der Waals surface area (Å²) in [5.41, 5.74) is -0.242. The van der Waals surface area contributed by atoms with Crippen LogP contribution in [-0.2, 0) is 4.79 Å². The third-order valence-electron chi connectivity index (χ3n) is 3.32. The van der Waals surface area contributed by atoms with Gasteiger partial charge < -0.3 is 10.6 Å². The SMILES string of the molecule is CC1(C(=O)Nc2cc(Br)ccc2F)CCCNC1. The van der Waals surface area contributed by atoms with Gasteiger partial charge in [-0.15, -0.1) is 0 Å². The summed E-state index contributed by atoms with van der Waals surface area (Å²) in [4.78, 5) is 12.2. The topological polar surface area (TPSA) is 41.1 Å². The van der Waals surface area contributed by atoms with Gasteiger partial charge in [-0.1, -0.05) is 15.9 Å². The number of halogens is 2. The van der Waals surface area contributed by atoms with E-state index >= 15 is 0 Å². The third-order valence-corrected chi connectivity index (χ3v) is 3.82. The van der Waals surface area contributed by atoms with Crippen LogP contribution in [-0.4, -0.2) is 19.0 Å². The van der Waals surface area contributed by atoms with Crippen LogP contribution in [0.15, 0.2) is 22.7 Å². The number of nitrogens with one attached hydrogen (secondary N) is 2. The summed E-state index contributed by atoms with van der Waals surface area (Å²) in [6.07, 6.45) is 1.78. The van der Waals surface area contributed by atoms with Crippen molar-refractivity contribution < 1.29 is 9.18 Å². The summed E-state index contributed by atoms with van der Waals surface area (Å²) in [7, 11) is 0. The molecule has 1 atom stereocenters. The van der Waals surface area contributed by atoms with Crippen LogP contribution >= 0.6 is 15.9 Å². The lowest BCUT2D eigenvalue weighted by Crippen LogP contribution is -2.46. The molecule has 0 bridgehead atoms. The summed E-state index contributed by atoms with van der Waals surface area (Å²) in [6, 6.07) is 4.52. The molecule has 1 saturated heterocycles. The Morgan fingerprint density at radius 2 is 2.33 bits per heavy atom. The molecule has 1 aliphatic heterocycles. The summed E-state index contributed by atoms with van der Waals surface area (Å²) in [5, 5.41) is 5.88. The van der Waals surface area contributed by atoms with Gasteiger partial charge in [-0.25, -0.2) is 4.39 Å². The van der Waals surface area contributed by atoms with Gasteiger partial charge in [-0.05, 0) is 44.5 Å². The molecule has 5 heteroatoms. The van der Waals surface area contributed by atoms with Crippen LogP contribution in [0.3, 0.4) is 0 Å². The maximum atomic E-state index is 13.6. The summed E-state index contributed by atoms with van der Waals surface area (Å²) >= 11 is 3.27. The molecule has 1 amide bonds. The van der Waals surface area contributed by atoms with Gasteiger partial charge in [-0.3, -0.25) is 4.79 Å². The van der Waals surface area contributed by atoms with Gasteiger partial charge in [0.1, 0.15) is 5.82 Å². The van der Waals surface area contributed by atoms with E-state index in [0.29, 0.717) is 6.54 Å². The minimum Gasteiger partial charge on any atom is -0.323 e. The number of piperidine rings is 1. The standard InChI is InChI=1S/C13H16BrFN2O/c1-13(5-2-6-16-8-13)12(18)17-11-7-9(14)3-4-10(11)15/h3-4,7,16H,2,5-6,8H2,1H3,(H,17,18). The largest absolute Gasteiger partial charge is 0.323 e. The Balaban J connectivity index is 2.13. The average molecular weight is 315 g/mol.